The summed E-state index contributed by atoms with van der Waals surface area (Å²) < 4.78 is 0. The molecular formula is C16H26N2. The normalized spacial score (nSPS) is 22.9. The van der Waals surface area contributed by atoms with Crippen molar-refractivity contribution in [3.8, 4) is 0 Å². The molecule has 100 valence electrons. The van der Waals surface area contributed by atoms with Gasteiger partial charge in [0.05, 0.1) is 0 Å². The zero-order chi connectivity index (χ0) is 12.8. The van der Waals surface area contributed by atoms with Gasteiger partial charge in [0.25, 0.3) is 0 Å². The van der Waals surface area contributed by atoms with Gasteiger partial charge < -0.3 is 10.2 Å². The minimum atomic E-state index is 0.569. The molecule has 0 radical (unpaired) electrons. The minimum Gasteiger partial charge on any atom is -0.314 e. The third-order valence-corrected chi connectivity index (χ3v) is 3.86. The molecule has 0 aliphatic carbocycles. The molecule has 0 spiro atoms. The largest absolute Gasteiger partial charge is 0.314 e. The first-order valence-corrected chi connectivity index (χ1v) is 7.20. The second-order valence-corrected chi connectivity index (χ2v) is 5.77. The van der Waals surface area contributed by atoms with E-state index in [9.17, 15) is 0 Å². The van der Waals surface area contributed by atoms with Gasteiger partial charge in [0.1, 0.15) is 0 Å². The lowest BCUT2D eigenvalue weighted by Crippen LogP contribution is -2.40. The van der Waals surface area contributed by atoms with Crippen LogP contribution in [0.25, 0.3) is 0 Å². The first-order valence-electron chi connectivity index (χ1n) is 7.20. The summed E-state index contributed by atoms with van der Waals surface area (Å²) in [7, 11) is 2.24. The van der Waals surface area contributed by atoms with Crippen molar-refractivity contribution < 1.29 is 0 Å². The van der Waals surface area contributed by atoms with E-state index in [2.05, 4.69) is 54.5 Å². The van der Waals surface area contributed by atoms with E-state index in [4.69, 9.17) is 0 Å². The predicted octanol–water partition coefficient (Wildman–Crippen LogP) is 2.55. The molecule has 2 rings (SSSR count). The second kappa shape index (κ2) is 6.91. The van der Waals surface area contributed by atoms with Crippen molar-refractivity contribution in [1.29, 1.82) is 0 Å². The quantitative estimate of drug-likeness (QED) is 0.859. The molecular weight excluding hydrogens is 220 g/mol. The molecule has 1 N–H and O–H groups in total. The van der Waals surface area contributed by atoms with Crippen LogP contribution in [0.1, 0.15) is 25.3 Å². The zero-order valence-corrected chi connectivity index (χ0v) is 11.7. The van der Waals surface area contributed by atoms with E-state index in [1.54, 1.807) is 0 Å². The third kappa shape index (κ3) is 4.43. The highest BCUT2D eigenvalue weighted by Gasteiger charge is 2.17. The summed E-state index contributed by atoms with van der Waals surface area (Å²) in [6.07, 6.45) is 3.87. The van der Waals surface area contributed by atoms with Crippen LogP contribution in [0.5, 0.6) is 0 Å². The van der Waals surface area contributed by atoms with Crippen molar-refractivity contribution in [3.05, 3.63) is 35.9 Å². The number of likely N-dealkylation sites (tertiary alicyclic amines) is 1. The van der Waals surface area contributed by atoms with Crippen LogP contribution in [0.3, 0.4) is 0 Å². The van der Waals surface area contributed by atoms with E-state index in [0.29, 0.717) is 6.04 Å². The van der Waals surface area contributed by atoms with Crippen molar-refractivity contribution >= 4 is 0 Å². The van der Waals surface area contributed by atoms with E-state index in [1.165, 1.54) is 38.0 Å². The number of piperidine rings is 1. The summed E-state index contributed by atoms with van der Waals surface area (Å²) in [5.74, 6) is 0.835. The fraction of sp³-hybridized carbons (Fsp3) is 0.625. The van der Waals surface area contributed by atoms with Crippen molar-refractivity contribution in [2.75, 3.05) is 26.7 Å². The number of hydrogen-bond donors (Lipinski definition) is 1. The second-order valence-electron chi connectivity index (χ2n) is 5.77. The first-order chi connectivity index (χ1) is 8.74. The van der Waals surface area contributed by atoms with Crippen LogP contribution in [-0.4, -0.2) is 37.6 Å². The highest BCUT2D eigenvalue weighted by molar-refractivity contribution is 5.15. The number of rotatable bonds is 5. The van der Waals surface area contributed by atoms with Gasteiger partial charge in [-0.3, -0.25) is 0 Å². The SMILES string of the molecule is CC(Cc1ccccc1)NCC1CCCN(C)C1. The highest BCUT2D eigenvalue weighted by Crippen LogP contribution is 2.14. The number of nitrogens with one attached hydrogen (secondary N) is 1. The van der Waals surface area contributed by atoms with Crippen molar-refractivity contribution in [3.63, 3.8) is 0 Å². The lowest BCUT2D eigenvalue weighted by atomic mass is 9.98. The summed E-state index contributed by atoms with van der Waals surface area (Å²) in [4.78, 5) is 2.46. The maximum Gasteiger partial charge on any atom is 0.00792 e. The fourth-order valence-electron chi connectivity index (χ4n) is 2.85. The summed E-state index contributed by atoms with van der Waals surface area (Å²) in [6, 6.07) is 11.3. The zero-order valence-electron chi connectivity index (χ0n) is 11.7. The maximum atomic E-state index is 3.69. The van der Waals surface area contributed by atoms with Crippen molar-refractivity contribution in [2.45, 2.75) is 32.2 Å². The minimum absolute atomic E-state index is 0.569. The first kappa shape index (κ1) is 13.6. The molecule has 0 saturated carbocycles. The molecule has 18 heavy (non-hydrogen) atoms. The van der Waals surface area contributed by atoms with Gasteiger partial charge in [-0.25, -0.2) is 0 Å². The summed E-state index contributed by atoms with van der Waals surface area (Å²) in [6.45, 7) is 5.99. The van der Waals surface area contributed by atoms with Gasteiger partial charge in [-0.15, -0.1) is 0 Å². The van der Waals surface area contributed by atoms with E-state index in [-0.39, 0.29) is 0 Å². The van der Waals surface area contributed by atoms with Gasteiger partial charge in [0, 0.05) is 12.6 Å². The van der Waals surface area contributed by atoms with Gasteiger partial charge in [-0.1, -0.05) is 30.3 Å². The maximum absolute atomic E-state index is 3.69. The lowest BCUT2D eigenvalue weighted by Gasteiger charge is -2.30. The van der Waals surface area contributed by atoms with Crippen molar-refractivity contribution in [1.82, 2.24) is 10.2 Å². The summed E-state index contributed by atoms with van der Waals surface area (Å²) in [5, 5.41) is 3.69. The van der Waals surface area contributed by atoms with Crippen LogP contribution in [0.2, 0.25) is 0 Å². The fourth-order valence-corrected chi connectivity index (χ4v) is 2.85. The smallest absolute Gasteiger partial charge is 0.00792 e. The Morgan fingerprint density at radius 1 is 1.33 bits per heavy atom. The Hall–Kier alpha value is -0.860. The average molecular weight is 246 g/mol. The van der Waals surface area contributed by atoms with Crippen molar-refractivity contribution in [2.24, 2.45) is 5.92 Å². The molecule has 2 unspecified atom stereocenters. The Bertz CT molecular complexity index is 336. The summed E-state index contributed by atoms with van der Waals surface area (Å²) >= 11 is 0. The van der Waals surface area contributed by atoms with E-state index in [1.807, 2.05) is 0 Å². The van der Waals surface area contributed by atoms with E-state index < -0.39 is 0 Å². The number of hydrogen-bond acceptors (Lipinski definition) is 2. The number of benzene rings is 1. The predicted molar refractivity (Wildman–Crippen MR) is 77.8 cm³/mol. The molecule has 1 aromatic carbocycles. The Morgan fingerprint density at radius 3 is 2.83 bits per heavy atom. The van der Waals surface area contributed by atoms with Crippen LogP contribution in [0.4, 0.5) is 0 Å². The molecule has 1 heterocycles. The van der Waals surface area contributed by atoms with Gasteiger partial charge in [0.15, 0.2) is 0 Å². The lowest BCUT2D eigenvalue weighted by molar-refractivity contribution is 0.203. The van der Waals surface area contributed by atoms with Crippen LogP contribution in [-0.2, 0) is 6.42 Å². The Morgan fingerprint density at radius 2 is 2.11 bits per heavy atom. The van der Waals surface area contributed by atoms with E-state index >= 15 is 0 Å². The molecule has 1 saturated heterocycles. The Balaban J connectivity index is 1.70. The molecule has 2 atom stereocenters. The molecule has 0 aromatic heterocycles. The average Bonchev–Trinajstić information content (AvgIpc) is 2.38. The molecule has 2 nitrogen and oxygen atoms in total. The molecule has 1 aromatic rings. The topological polar surface area (TPSA) is 15.3 Å². The van der Waals surface area contributed by atoms with Crippen LogP contribution < -0.4 is 5.32 Å². The van der Waals surface area contributed by atoms with Gasteiger partial charge in [0.2, 0.25) is 0 Å². The van der Waals surface area contributed by atoms with Gasteiger partial charge >= 0.3 is 0 Å². The Labute approximate surface area is 111 Å². The van der Waals surface area contributed by atoms with E-state index in [0.717, 1.165) is 12.3 Å². The standard InChI is InChI=1S/C16H26N2/c1-14(11-15-7-4-3-5-8-15)17-12-16-9-6-10-18(2)13-16/h3-5,7-8,14,16-17H,6,9-13H2,1-2H3. The van der Waals surface area contributed by atoms with Crippen LogP contribution in [0, 0.1) is 5.92 Å². The van der Waals surface area contributed by atoms with Gasteiger partial charge in [-0.05, 0) is 57.8 Å². The molecule has 1 aliphatic heterocycles. The highest BCUT2D eigenvalue weighted by atomic mass is 15.1. The molecule has 2 heteroatoms. The van der Waals surface area contributed by atoms with Crippen LogP contribution >= 0.6 is 0 Å². The molecule has 0 amide bonds. The Kier molecular flexibility index (Phi) is 5.21. The molecule has 1 aliphatic rings. The van der Waals surface area contributed by atoms with Gasteiger partial charge in [-0.2, -0.15) is 0 Å². The third-order valence-electron chi connectivity index (χ3n) is 3.86. The monoisotopic (exact) mass is 246 g/mol. The molecule has 0 bridgehead atoms. The van der Waals surface area contributed by atoms with Crippen LogP contribution in [0.15, 0.2) is 30.3 Å². The molecule has 1 fully saturated rings. The summed E-state index contributed by atoms with van der Waals surface area (Å²) in [5.41, 5.74) is 1.43. The number of nitrogens with zero attached hydrogens (tertiary/aromatic N) is 1.